The molecule has 0 amide bonds. The Bertz CT molecular complexity index is 544. The van der Waals surface area contributed by atoms with E-state index in [9.17, 15) is 0 Å². The lowest BCUT2D eigenvalue weighted by atomic mass is 10.1. The van der Waals surface area contributed by atoms with Crippen molar-refractivity contribution in [1.82, 2.24) is 4.98 Å². The average molecular weight is 273 g/mol. The minimum atomic E-state index is 0.627. The first-order valence-corrected chi connectivity index (χ1v) is 7.33. The zero-order valence-corrected chi connectivity index (χ0v) is 12.4. The Morgan fingerprint density at radius 2 is 2.05 bits per heavy atom. The van der Waals surface area contributed by atoms with Gasteiger partial charge in [-0.3, -0.25) is 5.43 Å². The van der Waals surface area contributed by atoms with Crippen LogP contribution in [0.5, 0.6) is 0 Å². The highest BCUT2D eigenvalue weighted by molar-refractivity contribution is 7.14. The molecule has 0 unspecified atom stereocenters. The van der Waals surface area contributed by atoms with Gasteiger partial charge in [0.15, 0.2) is 0 Å². The summed E-state index contributed by atoms with van der Waals surface area (Å²) in [5, 5.41) is 7.24. The van der Waals surface area contributed by atoms with E-state index in [0.29, 0.717) is 5.92 Å². The summed E-state index contributed by atoms with van der Waals surface area (Å²) >= 11 is 1.58. The molecule has 0 spiro atoms. The first-order chi connectivity index (χ1) is 9.15. The van der Waals surface area contributed by atoms with Gasteiger partial charge < -0.3 is 0 Å². The van der Waals surface area contributed by atoms with Gasteiger partial charge >= 0.3 is 0 Å². The number of benzene rings is 1. The van der Waals surface area contributed by atoms with Crippen LogP contribution >= 0.6 is 11.3 Å². The number of anilines is 1. The molecular weight excluding hydrogens is 254 g/mol. The van der Waals surface area contributed by atoms with Crippen LogP contribution in [-0.4, -0.2) is 10.7 Å². The molecule has 0 aliphatic rings. The second-order valence-electron chi connectivity index (χ2n) is 4.96. The Morgan fingerprint density at radius 1 is 1.32 bits per heavy atom. The highest BCUT2D eigenvalue weighted by Gasteiger charge is 2.03. The lowest BCUT2D eigenvalue weighted by Crippen LogP contribution is -2.01. The van der Waals surface area contributed by atoms with Crippen LogP contribution in [0.2, 0.25) is 0 Å². The molecule has 3 nitrogen and oxygen atoms in total. The van der Waals surface area contributed by atoms with Gasteiger partial charge in [-0.15, -0.1) is 11.3 Å². The molecule has 4 heteroatoms. The zero-order chi connectivity index (χ0) is 13.7. The highest BCUT2D eigenvalue weighted by atomic mass is 32.1. The van der Waals surface area contributed by atoms with Gasteiger partial charge in [0.1, 0.15) is 0 Å². The molecule has 2 aromatic rings. The van der Waals surface area contributed by atoms with E-state index in [1.165, 1.54) is 0 Å². The van der Waals surface area contributed by atoms with Crippen molar-refractivity contribution in [2.45, 2.75) is 27.2 Å². The summed E-state index contributed by atoms with van der Waals surface area (Å²) in [6.45, 7) is 6.42. The van der Waals surface area contributed by atoms with Crippen LogP contribution in [0.3, 0.4) is 0 Å². The second kappa shape index (κ2) is 6.48. The molecule has 1 heterocycles. The quantitative estimate of drug-likeness (QED) is 0.636. The second-order valence-corrected chi connectivity index (χ2v) is 5.82. The molecule has 0 bridgehead atoms. The van der Waals surface area contributed by atoms with Crippen LogP contribution in [0, 0.1) is 5.92 Å². The predicted molar refractivity (Wildman–Crippen MR) is 83.7 cm³/mol. The molecule has 0 saturated carbocycles. The van der Waals surface area contributed by atoms with Crippen molar-refractivity contribution in [2.75, 3.05) is 5.43 Å². The van der Waals surface area contributed by atoms with Gasteiger partial charge in [0.2, 0.25) is 5.13 Å². The number of rotatable bonds is 5. The SMILES string of the molecule is C/C(CC(C)C)=N\Nc1nc(-c2ccccc2)cs1. The topological polar surface area (TPSA) is 37.3 Å². The van der Waals surface area contributed by atoms with E-state index in [1.807, 2.05) is 30.5 Å². The molecule has 19 heavy (non-hydrogen) atoms. The first kappa shape index (κ1) is 13.7. The molecule has 0 fully saturated rings. The molecule has 1 N–H and O–H groups in total. The third-order valence-electron chi connectivity index (χ3n) is 2.62. The van der Waals surface area contributed by atoms with E-state index in [2.05, 4.69) is 41.5 Å². The molecule has 0 atom stereocenters. The number of aromatic nitrogens is 1. The van der Waals surface area contributed by atoms with Crippen molar-refractivity contribution in [3.8, 4) is 11.3 Å². The third kappa shape index (κ3) is 4.17. The summed E-state index contributed by atoms with van der Waals surface area (Å²) in [4.78, 5) is 4.53. The van der Waals surface area contributed by atoms with E-state index < -0.39 is 0 Å². The fourth-order valence-corrected chi connectivity index (χ4v) is 2.51. The molecule has 0 radical (unpaired) electrons. The first-order valence-electron chi connectivity index (χ1n) is 6.45. The van der Waals surface area contributed by atoms with Crippen molar-refractivity contribution >= 4 is 22.2 Å². The van der Waals surface area contributed by atoms with Crippen LogP contribution in [0.4, 0.5) is 5.13 Å². The Hall–Kier alpha value is -1.68. The smallest absolute Gasteiger partial charge is 0.203 e. The molecule has 2 rings (SSSR count). The average Bonchev–Trinajstić information content (AvgIpc) is 2.85. The minimum Gasteiger partial charge on any atom is -0.253 e. The maximum Gasteiger partial charge on any atom is 0.203 e. The molecule has 1 aromatic heterocycles. The van der Waals surface area contributed by atoms with E-state index in [-0.39, 0.29) is 0 Å². The van der Waals surface area contributed by atoms with Crippen LogP contribution < -0.4 is 5.43 Å². The number of hydrogen-bond acceptors (Lipinski definition) is 4. The normalized spacial score (nSPS) is 11.9. The van der Waals surface area contributed by atoms with Crippen molar-refractivity contribution in [1.29, 1.82) is 0 Å². The molecule has 0 aliphatic heterocycles. The number of hydrazone groups is 1. The number of thiazole rings is 1. The van der Waals surface area contributed by atoms with Crippen molar-refractivity contribution in [3.63, 3.8) is 0 Å². The summed E-state index contributed by atoms with van der Waals surface area (Å²) in [5.74, 6) is 0.627. The zero-order valence-electron chi connectivity index (χ0n) is 11.6. The molecule has 1 aromatic carbocycles. The maximum atomic E-state index is 4.53. The standard InChI is InChI=1S/C15H19N3S/c1-11(2)9-12(3)17-18-15-16-14(10-19-15)13-7-5-4-6-8-13/h4-8,10-11H,9H2,1-3H3,(H,16,18)/b17-12+. The van der Waals surface area contributed by atoms with Crippen LogP contribution in [0.1, 0.15) is 27.2 Å². The largest absolute Gasteiger partial charge is 0.253 e. The monoisotopic (exact) mass is 273 g/mol. The van der Waals surface area contributed by atoms with E-state index in [0.717, 1.165) is 28.5 Å². The van der Waals surface area contributed by atoms with Crippen LogP contribution in [-0.2, 0) is 0 Å². The Morgan fingerprint density at radius 3 is 2.74 bits per heavy atom. The lowest BCUT2D eigenvalue weighted by Gasteiger charge is -2.03. The summed E-state index contributed by atoms with van der Waals surface area (Å²) in [5.41, 5.74) is 6.26. The fraction of sp³-hybridized carbons (Fsp3) is 0.333. The lowest BCUT2D eigenvalue weighted by molar-refractivity contribution is 0.682. The van der Waals surface area contributed by atoms with Crippen molar-refractivity contribution < 1.29 is 0 Å². The molecule has 0 saturated heterocycles. The maximum absolute atomic E-state index is 4.53. The Balaban J connectivity index is 2.02. The summed E-state index contributed by atoms with van der Waals surface area (Å²) < 4.78 is 0. The summed E-state index contributed by atoms with van der Waals surface area (Å²) in [6.07, 6.45) is 1.00. The van der Waals surface area contributed by atoms with Gasteiger partial charge in [-0.2, -0.15) is 5.10 Å². The number of nitrogens with one attached hydrogen (secondary N) is 1. The van der Waals surface area contributed by atoms with Gasteiger partial charge in [-0.1, -0.05) is 44.2 Å². The van der Waals surface area contributed by atoms with Crippen molar-refractivity contribution in [2.24, 2.45) is 11.0 Å². The van der Waals surface area contributed by atoms with Gasteiger partial charge in [0.05, 0.1) is 5.69 Å². The molecular formula is C15H19N3S. The van der Waals surface area contributed by atoms with Crippen LogP contribution in [0.15, 0.2) is 40.8 Å². The van der Waals surface area contributed by atoms with Gasteiger partial charge in [-0.05, 0) is 19.3 Å². The van der Waals surface area contributed by atoms with Crippen LogP contribution in [0.25, 0.3) is 11.3 Å². The number of nitrogens with zero attached hydrogens (tertiary/aromatic N) is 2. The Kier molecular flexibility index (Phi) is 4.68. The molecule has 0 aliphatic carbocycles. The Labute approximate surface area is 118 Å². The van der Waals surface area contributed by atoms with Crippen molar-refractivity contribution in [3.05, 3.63) is 35.7 Å². The third-order valence-corrected chi connectivity index (χ3v) is 3.37. The van der Waals surface area contributed by atoms with Gasteiger partial charge in [0, 0.05) is 16.7 Å². The summed E-state index contributed by atoms with van der Waals surface area (Å²) in [6, 6.07) is 10.2. The molecule has 100 valence electrons. The minimum absolute atomic E-state index is 0.627. The highest BCUT2D eigenvalue weighted by Crippen LogP contribution is 2.24. The summed E-state index contributed by atoms with van der Waals surface area (Å²) in [7, 11) is 0. The van der Waals surface area contributed by atoms with Gasteiger partial charge in [-0.25, -0.2) is 4.98 Å². The van der Waals surface area contributed by atoms with E-state index in [4.69, 9.17) is 0 Å². The van der Waals surface area contributed by atoms with E-state index in [1.54, 1.807) is 11.3 Å². The number of hydrogen-bond donors (Lipinski definition) is 1. The van der Waals surface area contributed by atoms with Gasteiger partial charge in [0.25, 0.3) is 0 Å². The fourth-order valence-electron chi connectivity index (χ4n) is 1.85. The van der Waals surface area contributed by atoms with E-state index >= 15 is 0 Å². The predicted octanol–water partition coefficient (Wildman–Crippen LogP) is 4.64.